The molecule has 2 heterocycles. The summed E-state index contributed by atoms with van der Waals surface area (Å²) in [5.41, 5.74) is 4.76. The van der Waals surface area contributed by atoms with E-state index in [4.69, 9.17) is 4.42 Å². The molecule has 0 fully saturated rings. The molecule has 5 heteroatoms. The number of nitrogens with zero attached hydrogens (tertiary/aromatic N) is 2. The predicted octanol–water partition coefficient (Wildman–Crippen LogP) is 6.55. The zero-order valence-electron chi connectivity index (χ0n) is 16.5. The molecule has 0 radical (unpaired) electrons. The molecule has 5 rings (SSSR count). The molecule has 4 nitrogen and oxygen atoms in total. The summed E-state index contributed by atoms with van der Waals surface area (Å²) in [6, 6.07) is 22.9. The van der Waals surface area contributed by atoms with Crippen molar-refractivity contribution in [2.24, 2.45) is 0 Å². The standard InChI is InChI=1S/C26H14N2O2S/c1-15-6-8-16(9-7-15)22-12-24-23(30-22)11-18(31-24)10-21-25(17(13-27)14-28)19-4-2-3-5-20(19)26(21)29/h2-12H,1H3/b21-10-. The van der Waals surface area contributed by atoms with Gasteiger partial charge in [0.15, 0.2) is 5.78 Å². The van der Waals surface area contributed by atoms with Gasteiger partial charge in [0.05, 0.1) is 4.70 Å². The molecule has 0 bridgehead atoms. The molecule has 4 aromatic rings. The molecular weight excluding hydrogens is 404 g/mol. The number of carbonyl (C=O) groups excluding carboxylic acids is 1. The fourth-order valence-corrected chi connectivity index (χ4v) is 4.74. The number of thiophene rings is 1. The van der Waals surface area contributed by atoms with E-state index in [0.29, 0.717) is 22.3 Å². The zero-order valence-corrected chi connectivity index (χ0v) is 17.3. The van der Waals surface area contributed by atoms with E-state index in [0.717, 1.165) is 26.5 Å². The quantitative estimate of drug-likeness (QED) is 0.273. The van der Waals surface area contributed by atoms with E-state index < -0.39 is 0 Å². The second kappa shape index (κ2) is 7.25. The van der Waals surface area contributed by atoms with Crippen molar-refractivity contribution >= 4 is 39.1 Å². The Bertz CT molecular complexity index is 1470. The molecule has 0 unspecified atom stereocenters. The van der Waals surface area contributed by atoms with Crippen LogP contribution in [0.5, 0.6) is 0 Å². The van der Waals surface area contributed by atoms with Crippen LogP contribution in [-0.4, -0.2) is 5.78 Å². The summed E-state index contributed by atoms with van der Waals surface area (Å²) in [5, 5.41) is 18.9. The van der Waals surface area contributed by atoms with Crippen molar-refractivity contribution in [2.45, 2.75) is 6.92 Å². The molecule has 0 saturated heterocycles. The normalized spacial score (nSPS) is 14.0. The van der Waals surface area contributed by atoms with Gasteiger partial charge < -0.3 is 4.42 Å². The van der Waals surface area contributed by atoms with E-state index in [-0.39, 0.29) is 11.4 Å². The molecule has 0 amide bonds. The number of Topliss-reactive ketones (excluding diaryl/α,β-unsaturated/α-hetero) is 1. The first kappa shape index (κ1) is 18.8. The third kappa shape index (κ3) is 3.09. The molecular formula is C26H14N2O2S. The van der Waals surface area contributed by atoms with Crippen LogP contribution in [0.25, 0.3) is 33.3 Å². The van der Waals surface area contributed by atoms with Gasteiger partial charge in [-0.25, -0.2) is 0 Å². The van der Waals surface area contributed by atoms with E-state index in [2.05, 4.69) is 0 Å². The van der Waals surface area contributed by atoms with E-state index in [1.807, 2.05) is 55.5 Å². The summed E-state index contributed by atoms with van der Waals surface area (Å²) >= 11 is 1.50. The number of benzene rings is 2. The number of fused-ring (bicyclic) bond motifs is 2. The summed E-state index contributed by atoms with van der Waals surface area (Å²) in [7, 11) is 0. The maximum absolute atomic E-state index is 13.0. The molecule has 1 aliphatic carbocycles. The van der Waals surface area contributed by atoms with E-state index in [9.17, 15) is 15.3 Å². The van der Waals surface area contributed by atoms with Crippen molar-refractivity contribution in [1.82, 2.24) is 0 Å². The lowest BCUT2D eigenvalue weighted by atomic mass is 9.99. The molecule has 1 aliphatic rings. The zero-order chi connectivity index (χ0) is 21.5. The summed E-state index contributed by atoms with van der Waals surface area (Å²) in [6.07, 6.45) is 1.75. The first-order valence-electron chi connectivity index (χ1n) is 9.60. The van der Waals surface area contributed by atoms with Gasteiger partial charge in [0.2, 0.25) is 0 Å². The van der Waals surface area contributed by atoms with Crippen LogP contribution in [0.4, 0.5) is 0 Å². The molecule has 0 spiro atoms. The van der Waals surface area contributed by atoms with Gasteiger partial charge in [0, 0.05) is 33.2 Å². The van der Waals surface area contributed by atoms with Gasteiger partial charge in [0.25, 0.3) is 0 Å². The molecule has 31 heavy (non-hydrogen) atoms. The van der Waals surface area contributed by atoms with Crippen molar-refractivity contribution in [3.05, 3.63) is 93.4 Å². The third-order valence-electron chi connectivity index (χ3n) is 5.28. The lowest BCUT2D eigenvalue weighted by molar-refractivity contribution is 0.104. The summed E-state index contributed by atoms with van der Waals surface area (Å²) < 4.78 is 6.99. The minimum Gasteiger partial charge on any atom is -0.455 e. The van der Waals surface area contributed by atoms with Gasteiger partial charge in [-0.3, -0.25) is 4.79 Å². The number of hydrogen-bond donors (Lipinski definition) is 0. The van der Waals surface area contributed by atoms with E-state index >= 15 is 0 Å². The highest BCUT2D eigenvalue weighted by molar-refractivity contribution is 7.19. The highest BCUT2D eigenvalue weighted by Crippen LogP contribution is 2.41. The number of hydrogen-bond acceptors (Lipinski definition) is 5. The van der Waals surface area contributed by atoms with Crippen LogP contribution in [-0.2, 0) is 0 Å². The van der Waals surface area contributed by atoms with Crippen molar-refractivity contribution in [3.63, 3.8) is 0 Å². The number of carbonyl (C=O) groups is 1. The molecule has 0 saturated carbocycles. The largest absolute Gasteiger partial charge is 0.455 e. The highest BCUT2D eigenvalue weighted by Gasteiger charge is 2.32. The van der Waals surface area contributed by atoms with Crippen molar-refractivity contribution < 1.29 is 9.21 Å². The Labute approximate surface area is 182 Å². The molecule has 146 valence electrons. The molecule has 2 aromatic heterocycles. The van der Waals surface area contributed by atoms with Gasteiger partial charge in [-0.15, -0.1) is 11.3 Å². The van der Waals surface area contributed by atoms with Crippen LogP contribution in [0.15, 0.2) is 76.2 Å². The van der Waals surface area contributed by atoms with Crippen molar-refractivity contribution in [2.75, 3.05) is 0 Å². The Morgan fingerprint density at radius 1 is 1.00 bits per heavy atom. The fourth-order valence-electron chi connectivity index (χ4n) is 3.77. The van der Waals surface area contributed by atoms with Crippen LogP contribution in [0.3, 0.4) is 0 Å². The lowest BCUT2D eigenvalue weighted by Gasteiger charge is -2.01. The first-order valence-corrected chi connectivity index (χ1v) is 10.4. The van der Waals surface area contributed by atoms with Crippen LogP contribution >= 0.6 is 11.3 Å². The van der Waals surface area contributed by atoms with Crippen LogP contribution in [0, 0.1) is 29.6 Å². The highest BCUT2D eigenvalue weighted by atomic mass is 32.1. The predicted molar refractivity (Wildman–Crippen MR) is 121 cm³/mol. The number of allylic oxidation sites excluding steroid dienone is 3. The Balaban J connectivity index is 1.60. The van der Waals surface area contributed by atoms with E-state index in [1.165, 1.54) is 16.9 Å². The van der Waals surface area contributed by atoms with Gasteiger partial charge in [0.1, 0.15) is 29.1 Å². The van der Waals surface area contributed by atoms with Crippen LogP contribution in [0.2, 0.25) is 0 Å². The Morgan fingerprint density at radius 2 is 1.71 bits per heavy atom. The Kier molecular flexibility index (Phi) is 4.40. The maximum Gasteiger partial charge on any atom is 0.194 e. The van der Waals surface area contributed by atoms with Gasteiger partial charge >= 0.3 is 0 Å². The minimum atomic E-state index is -0.182. The van der Waals surface area contributed by atoms with Crippen LogP contribution in [0.1, 0.15) is 26.4 Å². The number of furan rings is 1. The Morgan fingerprint density at radius 3 is 2.39 bits per heavy atom. The van der Waals surface area contributed by atoms with Gasteiger partial charge in [-0.2, -0.15) is 10.5 Å². The molecule has 2 aromatic carbocycles. The summed E-state index contributed by atoms with van der Waals surface area (Å²) in [4.78, 5) is 13.9. The fraction of sp³-hybridized carbons (Fsp3) is 0.0385. The number of nitriles is 2. The summed E-state index contributed by atoms with van der Waals surface area (Å²) in [6.45, 7) is 2.04. The second-order valence-corrected chi connectivity index (χ2v) is 8.38. The topological polar surface area (TPSA) is 77.8 Å². The third-order valence-corrected chi connectivity index (χ3v) is 6.29. The number of rotatable bonds is 2. The van der Waals surface area contributed by atoms with Gasteiger partial charge in [-0.05, 0) is 24.6 Å². The molecule has 0 aliphatic heterocycles. The Hall–Kier alpha value is -4.19. The maximum atomic E-state index is 13.0. The van der Waals surface area contributed by atoms with Gasteiger partial charge in [-0.1, -0.05) is 54.1 Å². The second-order valence-electron chi connectivity index (χ2n) is 7.26. The molecule has 0 atom stereocenters. The van der Waals surface area contributed by atoms with Crippen molar-refractivity contribution in [3.8, 4) is 23.5 Å². The smallest absolute Gasteiger partial charge is 0.194 e. The first-order chi connectivity index (χ1) is 15.1. The SMILES string of the molecule is Cc1ccc(-c2cc3sc(/C=C4\C(=O)c5ccccc5C4=C(C#N)C#N)cc3o2)cc1. The average Bonchev–Trinajstić information content (AvgIpc) is 3.42. The van der Waals surface area contributed by atoms with Crippen LogP contribution < -0.4 is 0 Å². The summed E-state index contributed by atoms with van der Waals surface area (Å²) in [5.74, 6) is 0.612. The number of ketones is 1. The van der Waals surface area contributed by atoms with E-state index in [1.54, 1.807) is 30.3 Å². The minimum absolute atomic E-state index is 0.0635. The molecule has 0 N–H and O–H groups in total. The van der Waals surface area contributed by atoms with Crippen molar-refractivity contribution in [1.29, 1.82) is 10.5 Å². The average molecular weight is 418 g/mol. The number of aryl methyl sites for hydroxylation is 1. The monoisotopic (exact) mass is 418 g/mol. The lowest BCUT2D eigenvalue weighted by Crippen LogP contribution is -1.95.